The molecule has 0 bridgehead atoms. The number of ether oxygens (including phenoxy) is 1. The molecule has 0 radical (unpaired) electrons. The lowest BCUT2D eigenvalue weighted by molar-refractivity contribution is -0.384. The molecule has 1 aliphatic heterocycles. The molecule has 2 aromatic rings. The molecule has 0 saturated carbocycles. The number of nitrogens with one attached hydrogen (secondary N) is 1. The van der Waals surface area contributed by atoms with Crippen LogP contribution >= 0.6 is 24.0 Å². The number of carbonyl (C=O) groups is 2. The van der Waals surface area contributed by atoms with Gasteiger partial charge in [0.1, 0.15) is 16.6 Å². The SMILES string of the molecule is CCOc1ccc(/C=C2/SC(=S)N(CC(=O)Nc3ccc([N+](=O)[O-])cc3)C2=O)cc1. The Morgan fingerprint density at radius 3 is 2.50 bits per heavy atom. The Hall–Kier alpha value is -3.24. The van der Waals surface area contributed by atoms with Crippen LogP contribution in [0, 0.1) is 10.1 Å². The monoisotopic (exact) mass is 443 g/mol. The average molecular weight is 444 g/mol. The predicted octanol–water partition coefficient (Wildman–Crippen LogP) is 3.83. The zero-order valence-electron chi connectivity index (χ0n) is 15.9. The van der Waals surface area contributed by atoms with Crippen LogP contribution in [0.15, 0.2) is 53.4 Å². The van der Waals surface area contributed by atoms with Crippen LogP contribution in [0.2, 0.25) is 0 Å². The van der Waals surface area contributed by atoms with Crippen molar-refractivity contribution in [1.82, 2.24) is 4.90 Å². The molecule has 1 saturated heterocycles. The van der Waals surface area contributed by atoms with Gasteiger partial charge in [0.15, 0.2) is 0 Å². The average Bonchev–Trinajstić information content (AvgIpc) is 2.97. The van der Waals surface area contributed by atoms with E-state index in [4.69, 9.17) is 17.0 Å². The molecule has 1 heterocycles. The molecule has 1 fully saturated rings. The summed E-state index contributed by atoms with van der Waals surface area (Å²) in [5, 5.41) is 13.3. The van der Waals surface area contributed by atoms with Crippen molar-refractivity contribution in [3.63, 3.8) is 0 Å². The lowest BCUT2D eigenvalue weighted by Gasteiger charge is -2.14. The fourth-order valence-electron chi connectivity index (χ4n) is 2.63. The van der Waals surface area contributed by atoms with Crippen molar-refractivity contribution in [1.29, 1.82) is 0 Å². The van der Waals surface area contributed by atoms with E-state index in [9.17, 15) is 19.7 Å². The maximum atomic E-state index is 12.7. The van der Waals surface area contributed by atoms with E-state index >= 15 is 0 Å². The van der Waals surface area contributed by atoms with E-state index in [1.54, 1.807) is 6.08 Å². The fourth-order valence-corrected chi connectivity index (χ4v) is 3.88. The highest BCUT2D eigenvalue weighted by Gasteiger charge is 2.33. The largest absolute Gasteiger partial charge is 0.494 e. The summed E-state index contributed by atoms with van der Waals surface area (Å²) in [7, 11) is 0. The molecule has 2 amide bonds. The maximum Gasteiger partial charge on any atom is 0.269 e. The van der Waals surface area contributed by atoms with Gasteiger partial charge in [-0.1, -0.05) is 36.1 Å². The summed E-state index contributed by atoms with van der Waals surface area (Å²) in [6, 6.07) is 12.7. The van der Waals surface area contributed by atoms with Crippen LogP contribution in [0.25, 0.3) is 6.08 Å². The molecule has 8 nitrogen and oxygen atoms in total. The normalized spacial score (nSPS) is 14.8. The number of hydrogen-bond donors (Lipinski definition) is 1. The first-order chi connectivity index (χ1) is 14.4. The van der Waals surface area contributed by atoms with Gasteiger partial charge in [0.05, 0.1) is 16.4 Å². The van der Waals surface area contributed by atoms with Crippen LogP contribution in [-0.2, 0) is 9.59 Å². The van der Waals surface area contributed by atoms with Gasteiger partial charge in [-0.2, -0.15) is 0 Å². The van der Waals surface area contributed by atoms with Crippen molar-refractivity contribution in [3.05, 3.63) is 69.1 Å². The van der Waals surface area contributed by atoms with E-state index in [-0.39, 0.29) is 22.5 Å². The Bertz CT molecular complexity index is 1020. The number of carbonyl (C=O) groups excluding carboxylic acids is 2. The number of hydrogen-bond acceptors (Lipinski definition) is 7. The van der Waals surface area contributed by atoms with Crippen LogP contribution in [0.1, 0.15) is 12.5 Å². The van der Waals surface area contributed by atoms with Crippen LogP contribution in [0.5, 0.6) is 5.75 Å². The number of non-ortho nitro benzene ring substituents is 1. The molecule has 1 N–H and O–H groups in total. The van der Waals surface area contributed by atoms with Gasteiger partial charge in [0.25, 0.3) is 11.6 Å². The zero-order chi connectivity index (χ0) is 21.7. The lowest BCUT2D eigenvalue weighted by Crippen LogP contribution is -2.36. The van der Waals surface area contributed by atoms with Gasteiger partial charge in [-0.15, -0.1) is 0 Å². The quantitative estimate of drug-likeness (QED) is 0.300. The minimum atomic E-state index is -0.525. The first kappa shape index (κ1) is 21.5. The Balaban J connectivity index is 1.64. The summed E-state index contributed by atoms with van der Waals surface area (Å²) in [5.74, 6) is -0.0645. The second kappa shape index (κ2) is 9.51. The van der Waals surface area contributed by atoms with Crippen LogP contribution in [0.3, 0.4) is 0 Å². The molecule has 0 atom stereocenters. The first-order valence-corrected chi connectivity index (χ1v) is 10.1. The second-order valence-corrected chi connectivity index (χ2v) is 7.80. The van der Waals surface area contributed by atoms with Crippen molar-refractivity contribution in [2.75, 3.05) is 18.5 Å². The molecule has 0 aliphatic carbocycles. The van der Waals surface area contributed by atoms with Gasteiger partial charge in [-0.25, -0.2) is 0 Å². The number of rotatable bonds is 7. The minimum Gasteiger partial charge on any atom is -0.494 e. The molecule has 2 aromatic carbocycles. The smallest absolute Gasteiger partial charge is 0.269 e. The number of nitro groups is 1. The zero-order valence-corrected chi connectivity index (χ0v) is 17.5. The Morgan fingerprint density at radius 2 is 1.90 bits per heavy atom. The number of anilines is 1. The summed E-state index contributed by atoms with van der Waals surface area (Å²) >= 11 is 6.37. The van der Waals surface area contributed by atoms with E-state index in [1.807, 2.05) is 31.2 Å². The topological polar surface area (TPSA) is 102 Å². The van der Waals surface area contributed by atoms with E-state index in [0.29, 0.717) is 17.2 Å². The van der Waals surface area contributed by atoms with Gasteiger partial charge in [-0.3, -0.25) is 24.6 Å². The van der Waals surface area contributed by atoms with Gasteiger partial charge in [0.2, 0.25) is 5.91 Å². The number of nitro benzene ring substituents is 1. The van der Waals surface area contributed by atoms with Gasteiger partial charge in [-0.05, 0) is 42.8 Å². The molecule has 154 valence electrons. The van der Waals surface area contributed by atoms with Crippen molar-refractivity contribution in [2.45, 2.75) is 6.92 Å². The van der Waals surface area contributed by atoms with Crippen molar-refractivity contribution >= 4 is 57.6 Å². The van der Waals surface area contributed by atoms with E-state index in [1.165, 1.54) is 29.2 Å². The molecule has 1 aliphatic rings. The first-order valence-electron chi connectivity index (χ1n) is 8.90. The van der Waals surface area contributed by atoms with Gasteiger partial charge in [0, 0.05) is 17.8 Å². The highest BCUT2D eigenvalue weighted by Crippen LogP contribution is 2.32. The van der Waals surface area contributed by atoms with Crippen LogP contribution in [-0.4, -0.2) is 39.1 Å². The maximum absolute atomic E-state index is 12.7. The number of benzene rings is 2. The molecule has 10 heteroatoms. The Morgan fingerprint density at radius 1 is 1.23 bits per heavy atom. The number of thiocarbonyl (C=S) groups is 1. The highest BCUT2D eigenvalue weighted by atomic mass is 32.2. The van der Waals surface area contributed by atoms with E-state index in [0.717, 1.165) is 23.1 Å². The predicted molar refractivity (Wildman–Crippen MR) is 119 cm³/mol. The van der Waals surface area contributed by atoms with Crippen molar-refractivity contribution in [3.8, 4) is 5.75 Å². The third kappa shape index (κ3) is 5.22. The highest BCUT2D eigenvalue weighted by molar-refractivity contribution is 8.26. The number of nitrogens with zero attached hydrogens (tertiary/aromatic N) is 2. The Kier molecular flexibility index (Phi) is 6.80. The summed E-state index contributed by atoms with van der Waals surface area (Å²) < 4.78 is 5.69. The van der Waals surface area contributed by atoms with Crippen LogP contribution < -0.4 is 10.1 Å². The molecular formula is C20H17N3O5S2. The summed E-state index contributed by atoms with van der Waals surface area (Å²) in [5.41, 5.74) is 1.12. The number of thioether (sulfide) groups is 1. The molecule has 0 unspecified atom stereocenters. The lowest BCUT2D eigenvalue weighted by atomic mass is 10.2. The third-order valence-corrected chi connectivity index (χ3v) is 5.40. The summed E-state index contributed by atoms with van der Waals surface area (Å²) in [6.45, 7) is 2.22. The minimum absolute atomic E-state index is 0.0793. The molecule has 3 rings (SSSR count). The van der Waals surface area contributed by atoms with Crippen molar-refractivity contribution in [2.24, 2.45) is 0 Å². The van der Waals surface area contributed by atoms with Gasteiger partial charge < -0.3 is 10.1 Å². The standard InChI is InChI=1S/C20H17N3O5S2/c1-2-28-16-9-3-13(4-10-16)11-17-19(25)22(20(29)30-17)12-18(24)21-14-5-7-15(8-6-14)23(26)27/h3-11H,2,12H2,1H3,(H,21,24)/b17-11+. The molecular weight excluding hydrogens is 426 g/mol. The second-order valence-electron chi connectivity index (χ2n) is 6.12. The van der Waals surface area contributed by atoms with Crippen molar-refractivity contribution < 1.29 is 19.2 Å². The van der Waals surface area contributed by atoms with E-state index < -0.39 is 10.8 Å². The Labute approximate surface area is 182 Å². The van der Waals surface area contributed by atoms with E-state index in [2.05, 4.69) is 5.32 Å². The van der Waals surface area contributed by atoms with Gasteiger partial charge >= 0.3 is 0 Å². The summed E-state index contributed by atoms with van der Waals surface area (Å²) in [6.07, 6.45) is 1.71. The number of amides is 2. The molecule has 30 heavy (non-hydrogen) atoms. The molecule has 0 spiro atoms. The third-order valence-electron chi connectivity index (χ3n) is 4.03. The summed E-state index contributed by atoms with van der Waals surface area (Å²) in [4.78, 5) is 36.8. The van der Waals surface area contributed by atoms with Crippen LogP contribution in [0.4, 0.5) is 11.4 Å². The fraction of sp³-hybridized carbons (Fsp3) is 0.150. The molecule has 0 aromatic heterocycles.